The van der Waals surface area contributed by atoms with Gasteiger partial charge in [0.25, 0.3) is 0 Å². The molecular formula is C16H23N. The summed E-state index contributed by atoms with van der Waals surface area (Å²) in [6.45, 7) is 2.32. The minimum atomic E-state index is 0.685. The standard InChI is InChI=1S/C16H23N/c1-14-8-6-7-11-16(13-12-14)17(2)15-9-4-3-5-10-15/h3-6,8-10,14,16H,7,11-13H2,1-2H3/b8-6+. The summed E-state index contributed by atoms with van der Waals surface area (Å²) in [6.07, 6.45) is 9.82. The van der Waals surface area contributed by atoms with Gasteiger partial charge in [0, 0.05) is 18.8 Å². The summed E-state index contributed by atoms with van der Waals surface area (Å²) in [7, 11) is 2.23. The van der Waals surface area contributed by atoms with Gasteiger partial charge in [-0.25, -0.2) is 0 Å². The highest BCUT2D eigenvalue weighted by atomic mass is 15.1. The van der Waals surface area contributed by atoms with Gasteiger partial charge < -0.3 is 4.90 Å². The fourth-order valence-corrected chi connectivity index (χ4v) is 2.57. The lowest BCUT2D eigenvalue weighted by Gasteiger charge is -2.31. The van der Waals surface area contributed by atoms with Crippen LogP contribution in [0.5, 0.6) is 0 Å². The number of anilines is 1. The third-order valence-corrected chi connectivity index (χ3v) is 3.80. The highest BCUT2D eigenvalue weighted by molar-refractivity contribution is 5.46. The summed E-state index contributed by atoms with van der Waals surface area (Å²) in [5.74, 6) is 0.738. The predicted molar refractivity (Wildman–Crippen MR) is 75.4 cm³/mol. The van der Waals surface area contributed by atoms with E-state index in [9.17, 15) is 0 Å². The van der Waals surface area contributed by atoms with Crippen molar-refractivity contribution in [2.45, 2.75) is 38.6 Å². The van der Waals surface area contributed by atoms with Crippen molar-refractivity contribution in [3.63, 3.8) is 0 Å². The Morgan fingerprint density at radius 3 is 2.59 bits per heavy atom. The molecule has 0 saturated carbocycles. The zero-order valence-corrected chi connectivity index (χ0v) is 11.0. The first-order valence-corrected chi connectivity index (χ1v) is 6.72. The molecule has 0 fully saturated rings. The van der Waals surface area contributed by atoms with Crippen molar-refractivity contribution in [3.8, 4) is 0 Å². The van der Waals surface area contributed by atoms with Crippen LogP contribution in [0.1, 0.15) is 32.6 Å². The first kappa shape index (κ1) is 12.2. The zero-order chi connectivity index (χ0) is 12.1. The maximum Gasteiger partial charge on any atom is 0.0366 e. The van der Waals surface area contributed by atoms with Crippen LogP contribution in [0.3, 0.4) is 0 Å². The molecule has 1 aromatic rings. The molecule has 1 aliphatic rings. The van der Waals surface area contributed by atoms with Crippen LogP contribution in [0.15, 0.2) is 42.5 Å². The van der Waals surface area contributed by atoms with Crippen molar-refractivity contribution >= 4 is 5.69 Å². The third-order valence-electron chi connectivity index (χ3n) is 3.80. The Kier molecular flexibility index (Phi) is 4.24. The van der Waals surface area contributed by atoms with E-state index in [-0.39, 0.29) is 0 Å². The maximum atomic E-state index is 2.45. The molecule has 1 aliphatic carbocycles. The maximum absolute atomic E-state index is 2.45. The molecule has 0 saturated heterocycles. The van der Waals surface area contributed by atoms with E-state index in [1.807, 2.05) is 0 Å². The highest BCUT2D eigenvalue weighted by Gasteiger charge is 2.16. The van der Waals surface area contributed by atoms with Crippen molar-refractivity contribution in [2.24, 2.45) is 5.92 Å². The summed E-state index contributed by atoms with van der Waals surface area (Å²) in [6, 6.07) is 11.4. The molecule has 0 N–H and O–H groups in total. The van der Waals surface area contributed by atoms with E-state index in [4.69, 9.17) is 0 Å². The molecule has 2 rings (SSSR count). The minimum Gasteiger partial charge on any atom is -0.372 e. The minimum absolute atomic E-state index is 0.685. The van der Waals surface area contributed by atoms with Gasteiger partial charge >= 0.3 is 0 Å². The SMILES string of the molecule is CC1/C=C/CCC(N(C)c2ccccc2)CC1. The molecule has 2 unspecified atom stereocenters. The second-order valence-electron chi connectivity index (χ2n) is 5.16. The Morgan fingerprint density at radius 2 is 1.82 bits per heavy atom. The van der Waals surface area contributed by atoms with E-state index in [0.717, 1.165) is 5.92 Å². The van der Waals surface area contributed by atoms with Gasteiger partial charge in [0.15, 0.2) is 0 Å². The van der Waals surface area contributed by atoms with E-state index < -0.39 is 0 Å². The Hall–Kier alpha value is -1.24. The van der Waals surface area contributed by atoms with Crippen molar-refractivity contribution in [3.05, 3.63) is 42.5 Å². The van der Waals surface area contributed by atoms with Crippen LogP contribution in [0.4, 0.5) is 5.69 Å². The van der Waals surface area contributed by atoms with Crippen LogP contribution in [0, 0.1) is 5.92 Å². The van der Waals surface area contributed by atoms with Crippen LogP contribution in [0.2, 0.25) is 0 Å². The molecule has 0 bridgehead atoms. The van der Waals surface area contributed by atoms with Crippen molar-refractivity contribution in [1.82, 2.24) is 0 Å². The molecular weight excluding hydrogens is 206 g/mol. The quantitative estimate of drug-likeness (QED) is 0.685. The number of hydrogen-bond acceptors (Lipinski definition) is 1. The van der Waals surface area contributed by atoms with Gasteiger partial charge in [-0.05, 0) is 43.7 Å². The molecule has 92 valence electrons. The number of para-hydroxylation sites is 1. The van der Waals surface area contributed by atoms with Gasteiger partial charge in [-0.15, -0.1) is 0 Å². The second kappa shape index (κ2) is 5.90. The summed E-state index contributed by atoms with van der Waals surface area (Å²) >= 11 is 0. The third kappa shape index (κ3) is 3.36. The molecule has 0 spiro atoms. The van der Waals surface area contributed by atoms with E-state index in [1.165, 1.54) is 31.4 Å². The number of allylic oxidation sites excluding steroid dienone is 2. The molecule has 1 nitrogen and oxygen atoms in total. The first-order valence-electron chi connectivity index (χ1n) is 6.72. The Balaban J connectivity index is 2.04. The molecule has 0 amide bonds. The molecule has 0 radical (unpaired) electrons. The first-order chi connectivity index (χ1) is 8.27. The van der Waals surface area contributed by atoms with E-state index in [1.54, 1.807) is 0 Å². The lowest BCUT2D eigenvalue weighted by molar-refractivity contribution is 0.476. The van der Waals surface area contributed by atoms with Gasteiger partial charge in [-0.2, -0.15) is 0 Å². The smallest absolute Gasteiger partial charge is 0.0366 e. The number of rotatable bonds is 2. The van der Waals surface area contributed by atoms with Crippen LogP contribution in [0.25, 0.3) is 0 Å². The van der Waals surface area contributed by atoms with Gasteiger partial charge in [0.1, 0.15) is 0 Å². The number of hydrogen-bond donors (Lipinski definition) is 0. The highest BCUT2D eigenvalue weighted by Crippen LogP contribution is 2.24. The second-order valence-corrected chi connectivity index (χ2v) is 5.16. The fourth-order valence-electron chi connectivity index (χ4n) is 2.57. The van der Waals surface area contributed by atoms with E-state index in [0.29, 0.717) is 6.04 Å². The monoisotopic (exact) mass is 229 g/mol. The number of benzene rings is 1. The van der Waals surface area contributed by atoms with Crippen molar-refractivity contribution in [1.29, 1.82) is 0 Å². The van der Waals surface area contributed by atoms with E-state index >= 15 is 0 Å². The van der Waals surface area contributed by atoms with Crippen LogP contribution in [-0.2, 0) is 0 Å². The molecule has 2 atom stereocenters. The normalized spacial score (nSPS) is 26.9. The Labute approximate surface area is 105 Å². The van der Waals surface area contributed by atoms with Crippen molar-refractivity contribution < 1.29 is 0 Å². The number of nitrogens with zero attached hydrogens (tertiary/aromatic N) is 1. The summed E-state index contributed by atoms with van der Waals surface area (Å²) in [4.78, 5) is 2.45. The van der Waals surface area contributed by atoms with Crippen LogP contribution < -0.4 is 4.90 Å². The largest absolute Gasteiger partial charge is 0.372 e. The predicted octanol–water partition coefficient (Wildman–Crippen LogP) is 4.26. The summed E-state index contributed by atoms with van der Waals surface area (Å²) < 4.78 is 0. The zero-order valence-electron chi connectivity index (χ0n) is 11.0. The average molecular weight is 229 g/mol. The van der Waals surface area contributed by atoms with Gasteiger partial charge in [0.05, 0.1) is 0 Å². The van der Waals surface area contributed by atoms with Gasteiger partial charge in [-0.3, -0.25) is 0 Å². The van der Waals surface area contributed by atoms with Crippen LogP contribution in [-0.4, -0.2) is 13.1 Å². The summed E-state index contributed by atoms with van der Waals surface area (Å²) in [5.41, 5.74) is 1.34. The Morgan fingerprint density at radius 1 is 1.06 bits per heavy atom. The van der Waals surface area contributed by atoms with Crippen molar-refractivity contribution in [2.75, 3.05) is 11.9 Å². The van der Waals surface area contributed by atoms with Crippen LogP contribution >= 0.6 is 0 Å². The lowest BCUT2D eigenvalue weighted by atomic mass is 9.94. The average Bonchev–Trinajstić information content (AvgIpc) is 2.35. The molecule has 0 aliphatic heterocycles. The molecule has 17 heavy (non-hydrogen) atoms. The molecule has 1 aromatic carbocycles. The molecule has 0 heterocycles. The molecule has 1 heteroatoms. The fraction of sp³-hybridized carbons (Fsp3) is 0.500. The topological polar surface area (TPSA) is 3.24 Å². The lowest BCUT2D eigenvalue weighted by Crippen LogP contribution is -2.32. The van der Waals surface area contributed by atoms with E-state index in [2.05, 4.69) is 61.4 Å². The van der Waals surface area contributed by atoms with Gasteiger partial charge in [0.2, 0.25) is 0 Å². The Bertz CT molecular complexity index is 355. The summed E-state index contributed by atoms with van der Waals surface area (Å²) in [5, 5.41) is 0. The van der Waals surface area contributed by atoms with Gasteiger partial charge in [-0.1, -0.05) is 37.3 Å². The molecule has 0 aromatic heterocycles.